The maximum absolute atomic E-state index is 12.9. The minimum absolute atomic E-state index is 0.130. The van der Waals surface area contributed by atoms with E-state index in [1.165, 1.54) is 18.4 Å². The van der Waals surface area contributed by atoms with Gasteiger partial charge in [-0.25, -0.2) is 4.98 Å². The molecule has 0 aromatic carbocycles. The number of halogens is 3. The van der Waals surface area contributed by atoms with Crippen molar-refractivity contribution in [2.24, 2.45) is 7.05 Å². The Morgan fingerprint density at radius 1 is 1.31 bits per heavy atom. The van der Waals surface area contributed by atoms with Gasteiger partial charge in [-0.15, -0.1) is 11.3 Å². The molecule has 3 heterocycles. The SMILES string of the molecule is CCc1cc(-c2ncc(C3(NC(=O)c4cc(C(F)(F)F)nn4C)CC3)s2)ccn1. The van der Waals surface area contributed by atoms with Gasteiger partial charge in [0.05, 0.1) is 10.4 Å². The van der Waals surface area contributed by atoms with Gasteiger partial charge in [-0.2, -0.15) is 18.3 Å². The highest BCUT2D eigenvalue weighted by Gasteiger charge is 2.48. The summed E-state index contributed by atoms with van der Waals surface area (Å²) in [7, 11) is 1.32. The van der Waals surface area contributed by atoms with Crippen molar-refractivity contribution in [2.75, 3.05) is 0 Å². The number of aromatic nitrogens is 4. The van der Waals surface area contributed by atoms with Gasteiger partial charge in [-0.1, -0.05) is 6.92 Å². The second-order valence-electron chi connectivity index (χ2n) is 6.99. The molecule has 1 N–H and O–H groups in total. The number of thiazole rings is 1. The van der Waals surface area contributed by atoms with Gasteiger partial charge in [0.2, 0.25) is 0 Å². The Kier molecular flexibility index (Phi) is 4.68. The summed E-state index contributed by atoms with van der Waals surface area (Å²) in [6.07, 6.45) is 1.11. The van der Waals surface area contributed by atoms with Crippen LogP contribution in [0.1, 0.15) is 46.5 Å². The van der Waals surface area contributed by atoms with E-state index in [1.54, 1.807) is 12.4 Å². The van der Waals surface area contributed by atoms with Crippen LogP contribution in [0.25, 0.3) is 10.6 Å². The van der Waals surface area contributed by atoms with Crippen LogP contribution in [0.4, 0.5) is 13.2 Å². The van der Waals surface area contributed by atoms with Gasteiger partial charge < -0.3 is 5.32 Å². The highest BCUT2D eigenvalue weighted by Crippen LogP contribution is 2.48. The van der Waals surface area contributed by atoms with Crippen molar-refractivity contribution in [1.82, 2.24) is 25.1 Å². The number of nitrogens with one attached hydrogen (secondary N) is 1. The molecule has 1 saturated carbocycles. The summed E-state index contributed by atoms with van der Waals surface area (Å²) in [5.41, 5.74) is 0.118. The minimum Gasteiger partial charge on any atom is -0.340 e. The Bertz CT molecular complexity index is 1070. The molecule has 1 amide bonds. The Hall–Kier alpha value is -2.75. The number of pyridine rings is 1. The lowest BCUT2D eigenvalue weighted by Gasteiger charge is -2.15. The van der Waals surface area contributed by atoms with E-state index in [1.807, 2.05) is 19.1 Å². The molecule has 0 aliphatic heterocycles. The second kappa shape index (κ2) is 6.94. The molecule has 0 atom stereocenters. The summed E-state index contributed by atoms with van der Waals surface area (Å²) >= 11 is 1.47. The molecule has 6 nitrogen and oxygen atoms in total. The highest BCUT2D eigenvalue weighted by atomic mass is 32.1. The van der Waals surface area contributed by atoms with Crippen LogP contribution in [-0.2, 0) is 25.2 Å². The topological polar surface area (TPSA) is 72.7 Å². The molecule has 10 heteroatoms. The third-order valence-corrected chi connectivity index (χ3v) is 6.16. The standard InChI is InChI=1S/C19H18F3N5OS/c1-3-12-8-11(4-7-23-12)17-24-10-15(29-17)18(5-6-18)25-16(28)13-9-14(19(20,21)22)26-27(13)2/h4,7-10H,3,5-6H2,1-2H3,(H,25,28). The van der Waals surface area contributed by atoms with Gasteiger partial charge in [-0.05, 0) is 31.4 Å². The lowest BCUT2D eigenvalue weighted by atomic mass is 10.2. The van der Waals surface area contributed by atoms with Gasteiger partial charge in [0.1, 0.15) is 10.7 Å². The van der Waals surface area contributed by atoms with Crippen LogP contribution >= 0.6 is 11.3 Å². The average Bonchev–Trinajstić information content (AvgIpc) is 3.11. The molecule has 0 bridgehead atoms. The number of hydrogen-bond donors (Lipinski definition) is 1. The fourth-order valence-corrected chi connectivity index (χ4v) is 4.21. The number of rotatable bonds is 5. The van der Waals surface area contributed by atoms with E-state index >= 15 is 0 Å². The number of nitrogens with zero attached hydrogens (tertiary/aromatic N) is 4. The zero-order chi connectivity index (χ0) is 20.8. The van der Waals surface area contributed by atoms with E-state index in [0.717, 1.165) is 38.3 Å². The molecule has 3 aromatic rings. The largest absolute Gasteiger partial charge is 0.435 e. The zero-order valence-corrected chi connectivity index (χ0v) is 16.6. The first-order valence-corrected chi connectivity index (χ1v) is 9.89. The van der Waals surface area contributed by atoms with Crippen LogP contribution < -0.4 is 5.32 Å². The molecule has 0 radical (unpaired) electrons. The average molecular weight is 421 g/mol. The van der Waals surface area contributed by atoms with E-state index in [-0.39, 0.29) is 5.69 Å². The first-order chi connectivity index (χ1) is 13.7. The molecule has 4 rings (SSSR count). The summed E-state index contributed by atoms with van der Waals surface area (Å²) in [5.74, 6) is -0.583. The quantitative estimate of drug-likeness (QED) is 0.677. The van der Waals surface area contributed by atoms with Crippen LogP contribution in [-0.4, -0.2) is 25.7 Å². The number of amides is 1. The number of carbonyl (C=O) groups is 1. The fraction of sp³-hybridized carbons (Fsp3) is 0.368. The normalized spacial score (nSPS) is 15.3. The Morgan fingerprint density at radius 2 is 2.07 bits per heavy atom. The van der Waals surface area contributed by atoms with Crippen molar-refractivity contribution >= 4 is 17.2 Å². The third-order valence-electron chi connectivity index (χ3n) is 4.91. The summed E-state index contributed by atoms with van der Waals surface area (Å²) < 4.78 is 39.5. The van der Waals surface area contributed by atoms with E-state index in [9.17, 15) is 18.0 Å². The van der Waals surface area contributed by atoms with Gasteiger partial charge in [0.25, 0.3) is 5.91 Å². The first-order valence-electron chi connectivity index (χ1n) is 9.07. The molecule has 0 unspecified atom stereocenters. The molecule has 0 saturated heterocycles. The fourth-order valence-electron chi connectivity index (χ4n) is 3.09. The van der Waals surface area contributed by atoms with Crippen LogP contribution in [0.5, 0.6) is 0 Å². The predicted octanol–water partition coefficient (Wildman–Crippen LogP) is 3.94. The number of alkyl halides is 3. The van der Waals surface area contributed by atoms with Gasteiger partial charge >= 0.3 is 6.18 Å². The number of aryl methyl sites for hydroxylation is 2. The van der Waals surface area contributed by atoms with Crippen LogP contribution in [0.15, 0.2) is 30.6 Å². The summed E-state index contributed by atoms with van der Waals surface area (Å²) in [4.78, 5) is 22.3. The van der Waals surface area contributed by atoms with Crippen molar-refractivity contribution in [1.29, 1.82) is 0 Å². The van der Waals surface area contributed by atoms with Gasteiger partial charge in [-0.3, -0.25) is 14.5 Å². The molecule has 3 aromatic heterocycles. The number of carbonyl (C=O) groups excluding carboxylic acids is 1. The lowest BCUT2D eigenvalue weighted by molar-refractivity contribution is -0.141. The minimum atomic E-state index is -4.60. The Labute approximate surface area is 168 Å². The van der Waals surface area contributed by atoms with Crippen LogP contribution in [0.2, 0.25) is 0 Å². The van der Waals surface area contributed by atoms with Crippen LogP contribution in [0, 0.1) is 0 Å². The number of hydrogen-bond acceptors (Lipinski definition) is 5. The molecular formula is C19H18F3N5OS. The molecule has 29 heavy (non-hydrogen) atoms. The Morgan fingerprint density at radius 3 is 2.69 bits per heavy atom. The molecule has 0 spiro atoms. The molecule has 1 aliphatic rings. The lowest BCUT2D eigenvalue weighted by Crippen LogP contribution is -2.35. The maximum atomic E-state index is 12.9. The zero-order valence-electron chi connectivity index (χ0n) is 15.7. The van der Waals surface area contributed by atoms with E-state index in [0.29, 0.717) is 12.8 Å². The molecular weight excluding hydrogens is 403 g/mol. The molecule has 1 aliphatic carbocycles. The highest BCUT2D eigenvalue weighted by molar-refractivity contribution is 7.15. The van der Waals surface area contributed by atoms with E-state index < -0.39 is 23.3 Å². The van der Waals surface area contributed by atoms with Crippen molar-refractivity contribution < 1.29 is 18.0 Å². The van der Waals surface area contributed by atoms with E-state index in [4.69, 9.17) is 0 Å². The summed E-state index contributed by atoms with van der Waals surface area (Å²) in [6, 6.07) is 4.63. The van der Waals surface area contributed by atoms with Crippen molar-refractivity contribution in [3.63, 3.8) is 0 Å². The van der Waals surface area contributed by atoms with Gasteiger partial charge in [0, 0.05) is 36.8 Å². The predicted molar refractivity (Wildman–Crippen MR) is 101 cm³/mol. The van der Waals surface area contributed by atoms with Crippen molar-refractivity contribution in [3.05, 3.63) is 52.6 Å². The maximum Gasteiger partial charge on any atom is 0.435 e. The third kappa shape index (κ3) is 3.76. The molecule has 1 fully saturated rings. The summed E-state index contributed by atoms with van der Waals surface area (Å²) in [5, 5.41) is 7.10. The smallest absolute Gasteiger partial charge is 0.340 e. The second-order valence-corrected chi connectivity index (χ2v) is 8.02. The Balaban J connectivity index is 1.55. The summed E-state index contributed by atoms with van der Waals surface area (Å²) in [6.45, 7) is 2.02. The molecule has 152 valence electrons. The van der Waals surface area contributed by atoms with Crippen LogP contribution in [0.3, 0.4) is 0 Å². The van der Waals surface area contributed by atoms with Crippen molar-refractivity contribution in [2.45, 2.75) is 37.9 Å². The van der Waals surface area contributed by atoms with Gasteiger partial charge in [0.15, 0.2) is 5.69 Å². The van der Waals surface area contributed by atoms with Crippen molar-refractivity contribution in [3.8, 4) is 10.6 Å². The van der Waals surface area contributed by atoms with E-state index in [2.05, 4.69) is 20.4 Å². The first kappa shape index (κ1) is 19.6. The monoisotopic (exact) mass is 421 g/mol.